The standard InChI is InChI=1S/C18H19N3O3S2/c1-12(15(22)19-9-10-24-2)26-18-20-16-14(8-11-25-16)17(23)21(18)13-6-4-3-5-7-13/h3-8,11-12H,9-10H2,1-2H3,(H,19,22)/t12-/m0/s1. The lowest BCUT2D eigenvalue weighted by Crippen LogP contribution is -2.34. The van der Waals surface area contributed by atoms with E-state index in [1.807, 2.05) is 35.7 Å². The zero-order valence-corrected chi connectivity index (χ0v) is 16.1. The number of aromatic nitrogens is 2. The molecule has 3 aromatic rings. The summed E-state index contributed by atoms with van der Waals surface area (Å²) in [4.78, 5) is 30.5. The van der Waals surface area contributed by atoms with Crippen LogP contribution in [0.5, 0.6) is 0 Å². The summed E-state index contributed by atoms with van der Waals surface area (Å²) in [6.45, 7) is 2.70. The molecule has 0 saturated heterocycles. The van der Waals surface area contributed by atoms with E-state index in [4.69, 9.17) is 4.74 Å². The molecule has 1 N–H and O–H groups in total. The van der Waals surface area contributed by atoms with E-state index in [2.05, 4.69) is 10.3 Å². The van der Waals surface area contributed by atoms with Crippen molar-refractivity contribution in [2.45, 2.75) is 17.3 Å². The molecule has 0 saturated carbocycles. The number of para-hydroxylation sites is 1. The van der Waals surface area contributed by atoms with E-state index in [1.165, 1.54) is 23.1 Å². The number of amides is 1. The third kappa shape index (κ3) is 3.98. The number of thioether (sulfide) groups is 1. The Morgan fingerprint density at radius 2 is 2.12 bits per heavy atom. The van der Waals surface area contributed by atoms with Crippen LogP contribution in [0, 0.1) is 0 Å². The van der Waals surface area contributed by atoms with Gasteiger partial charge in [-0.2, -0.15) is 0 Å². The van der Waals surface area contributed by atoms with Gasteiger partial charge in [-0.15, -0.1) is 11.3 Å². The summed E-state index contributed by atoms with van der Waals surface area (Å²) in [5.74, 6) is -0.118. The van der Waals surface area contributed by atoms with Crippen molar-refractivity contribution >= 4 is 39.2 Å². The molecule has 0 aliphatic carbocycles. The molecule has 136 valence electrons. The Kier molecular flexibility index (Phi) is 6.08. The van der Waals surface area contributed by atoms with E-state index in [0.717, 1.165) is 5.69 Å². The third-order valence-corrected chi connectivity index (χ3v) is 5.60. The zero-order chi connectivity index (χ0) is 18.5. The molecule has 3 rings (SSSR count). The molecule has 1 atom stereocenters. The Balaban J connectivity index is 1.97. The van der Waals surface area contributed by atoms with Crippen molar-refractivity contribution in [1.29, 1.82) is 0 Å². The van der Waals surface area contributed by atoms with Gasteiger partial charge < -0.3 is 10.1 Å². The molecule has 8 heteroatoms. The van der Waals surface area contributed by atoms with Crippen LogP contribution in [0.25, 0.3) is 15.9 Å². The van der Waals surface area contributed by atoms with E-state index in [-0.39, 0.29) is 11.5 Å². The number of nitrogens with one attached hydrogen (secondary N) is 1. The molecule has 0 radical (unpaired) electrons. The average Bonchev–Trinajstić information content (AvgIpc) is 3.11. The second kappa shape index (κ2) is 8.48. The van der Waals surface area contributed by atoms with E-state index < -0.39 is 5.25 Å². The number of methoxy groups -OCH3 is 1. The Bertz CT molecular complexity index is 953. The second-order valence-electron chi connectivity index (χ2n) is 5.55. The number of thiophene rings is 1. The summed E-state index contributed by atoms with van der Waals surface area (Å²) < 4.78 is 6.51. The molecular formula is C18H19N3O3S2. The molecule has 0 spiro atoms. The summed E-state index contributed by atoms with van der Waals surface area (Å²) in [7, 11) is 1.59. The minimum atomic E-state index is -0.397. The number of rotatable bonds is 7. The van der Waals surface area contributed by atoms with Gasteiger partial charge in [0.25, 0.3) is 5.56 Å². The number of nitrogens with zero attached hydrogens (tertiary/aromatic N) is 2. The van der Waals surface area contributed by atoms with Gasteiger partial charge in [0.1, 0.15) is 4.83 Å². The van der Waals surface area contributed by atoms with Crippen LogP contribution in [0.1, 0.15) is 6.92 Å². The van der Waals surface area contributed by atoms with Crippen LogP contribution in [0.15, 0.2) is 51.7 Å². The Morgan fingerprint density at radius 1 is 1.35 bits per heavy atom. The van der Waals surface area contributed by atoms with Crippen molar-refractivity contribution in [2.75, 3.05) is 20.3 Å². The van der Waals surface area contributed by atoms with Gasteiger partial charge >= 0.3 is 0 Å². The number of benzene rings is 1. The minimum Gasteiger partial charge on any atom is -0.383 e. The molecule has 0 unspecified atom stereocenters. The van der Waals surface area contributed by atoms with Crippen molar-refractivity contribution in [1.82, 2.24) is 14.9 Å². The van der Waals surface area contributed by atoms with Crippen LogP contribution in [0.4, 0.5) is 0 Å². The first-order valence-corrected chi connectivity index (χ1v) is 9.86. The quantitative estimate of drug-likeness (QED) is 0.382. The first-order valence-electron chi connectivity index (χ1n) is 8.11. The van der Waals surface area contributed by atoms with Crippen molar-refractivity contribution in [3.8, 4) is 5.69 Å². The zero-order valence-electron chi connectivity index (χ0n) is 14.5. The van der Waals surface area contributed by atoms with Crippen LogP contribution >= 0.6 is 23.1 Å². The van der Waals surface area contributed by atoms with E-state index in [0.29, 0.717) is 28.5 Å². The lowest BCUT2D eigenvalue weighted by molar-refractivity contribution is -0.120. The van der Waals surface area contributed by atoms with E-state index >= 15 is 0 Å². The van der Waals surface area contributed by atoms with Gasteiger partial charge in [0.05, 0.1) is 22.9 Å². The maximum Gasteiger partial charge on any atom is 0.267 e. The normalized spacial score (nSPS) is 12.2. The van der Waals surface area contributed by atoms with Crippen molar-refractivity contribution < 1.29 is 9.53 Å². The van der Waals surface area contributed by atoms with Crippen LogP contribution in [-0.2, 0) is 9.53 Å². The number of ether oxygens (including phenoxy) is 1. The van der Waals surface area contributed by atoms with E-state index in [9.17, 15) is 9.59 Å². The molecule has 6 nitrogen and oxygen atoms in total. The third-order valence-electron chi connectivity index (χ3n) is 3.74. The van der Waals surface area contributed by atoms with Crippen molar-refractivity contribution in [3.63, 3.8) is 0 Å². The molecule has 1 aromatic carbocycles. The monoisotopic (exact) mass is 389 g/mol. The predicted octanol–water partition coefficient (Wildman–Crippen LogP) is 2.69. The highest BCUT2D eigenvalue weighted by molar-refractivity contribution is 8.00. The van der Waals surface area contributed by atoms with Crippen LogP contribution < -0.4 is 10.9 Å². The molecule has 2 aromatic heterocycles. The SMILES string of the molecule is COCCNC(=O)[C@H](C)Sc1nc2sccc2c(=O)n1-c1ccccc1. The van der Waals surface area contributed by atoms with Gasteiger partial charge in [-0.1, -0.05) is 30.0 Å². The molecule has 0 fully saturated rings. The Morgan fingerprint density at radius 3 is 2.85 bits per heavy atom. The topological polar surface area (TPSA) is 73.2 Å². The number of hydrogen-bond donors (Lipinski definition) is 1. The number of hydrogen-bond acceptors (Lipinski definition) is 6. The van der Waals surface area contributed by atoms with Crippen LogP contribution in [-0.4, -0.2) is 41.0 Å². The van der Waals surface area contributed by atoms with E-state index in [1.54, 1.807) is 24.7 Å². The fourth-order valence-electron chi connectivity index (χ4n) is 2.41. The first kappa shape index (κ1) is 18.6. The highest BCUT2D eigenvalue weighted by atomic mass is 32.2. The van der Waals surface area contributed by atoms with Gasteiger partial charge in [0.2, 0.25) is 5.91 Å². The van der Waals surface area contributed by atoms with Gasteiger partial charge in [-0.25, -0.2) is 4.98 Å². The summed E-state index contributed by atoms with van der Waals surface area (Å²) in [6.07, 6.45) is 0. The molecule has 0 aliphatic rings. The molecule has 2 heterocycles. The lowest BCUT2D eigenvalue weighted by Gasteiger charge is -2.15. The van der Waals surface area contributed by atoms with Crippen LogP contribution in [0.2, 0.25) is 0 Å². The maximum atomic E-state index is 13.0. The summed E-state index contributed by atoms with van der Waals surface area (Å²) >= 11 is 2.69. The molecule has 0 aliphatic heterocycles. The van der Waals surface area contributed by atoms with Gasteiger partial charge in [0.15, 0.2) is 5.16 Å². The average molecular weight is 390 g/mol. The van der Waals surface area contributed by atoms with Gasteiger partial charge in [0, 0.05) is 13.7 Å². The fraction of sp³-hybridized carbons (Fsp3) is 0.278. The second-order valence-corrected chi connectivity index (χ2v) is 7.76. The first-order chi connectivity index (χ1) is 12.6. The smallest absolute Gasteiger partial charge is 0.267 e. The molecule has 0 bridgehead atoms. The predicted molar refractivity (Wildman–Crippen MR) is 105 cm³/mol. The summed E-state index contributed by atoms with van der Waals surface area (Å²) in [5, 5.41) is 5.35. The summed E-state index contributed by atoms with van der Waals surface area (Å²) in [6, 6.07) is 11.1. The molecular weight excluding hydrogens is 370 g/mol. The number of carbonyl (C=O) groups is 1. The fourth-order valence-corrected chi connectivity index (χ4v) is 4.17. The highest BCUT2D eigenvalue weighted by Crippen LogP contribution is 2.26. The molecule has 26 heavy (non-hydrogen) atoms. The Hall–Kier alpha value is -2.16. The Labute approximate surface area is 159 Å². The molecule has 1 amide bonds. The van der Waals surface area contributed by atoms with Gasteiger partial charge in [-0.3, -0.25) is 14.2 Å². The van der Waals surface area contributed by atoms with Crippen LogP contribution in [0.3, 0.4) is 0 Å². The highest BCUT2D eigenvalue weighted by Gasteiger charge is 2.20. The largest absolute Gasteiger partial charge is 0.383 e. The number of carbonyl (C=O) groups excluding carboxylic acids is 1. The lowest BCUT2D eigenvalue weighted by atomic mass is 10.3. The van der Waals surface area contributed by atoms with Gasteiger partial charge in [-0.05, 0) is 30.5 Å². The maximum absolute atomic E-state index is 13.0. The number of fused-ring (bicyclic) bond motifs is 1. The summed E-state index contributed by atoms with van der Waals surface area (Å²) in [5.41, 5.74) is 0.601. The van der Waals surface area contributed by atoms with Crippen molar-refractivity contribution in [2.24, 2.45) is 0 Å². The minimum absolute atomic E-state index is 0.118. The van der Waals surface area contributed by atoms with Crippen molar-refractivity contribution in [3.05, 3.63) is 52.1 Å².